The van der Waals surface area contributed by atoms with Crippen LogP contribution in [0.2, 0.25) is 0 Å². The molecular formula is C16H30N2. The van der Waals surface area contributed by atoms with E-state index in [2.05, 4.69) is 31.0 Å². The van der Waals surface area contributed by atoms with Crippen molar-refractivity contribution in [1.29, 1.82) is 0 Å². The lowest BCUT2D eigenvalue weighted by Gasteiger charge is -2.44. The molecule has 3 rings (SSSR count). The largest absolute Gasteiger partial charge is 0.316 e. The third kappa shape index (κ3) is 2.02. The summed E-state index contributed by atoms with van der Waals surface area (Å²) >= 11 is 0. The topological polar surface area (TPSA) is 15.3 Å². The third-order valence-electron chi connectivity index (χ3n) is 6.19. The van der Waals surface area contributed by atoms with Crippen LogP contribution in [0.15, 0.2) is 0 Å². The Balaban J connectivity index is 1.72. The zero-order chi connectivity index (χ0) is 12.8. The second kappa shape index (κ2) is 4.79. The van der Waals surface area contributed by atoms with Gasteiger partial charge in [0.25, 0.3) is 0 Å². The SMILES string of the molecule is CCC1CCCC(N2CC3CNCC3C2(C)C)C1. The second-order valence-corrected chi connectivity index (χ2v) is 7.43. The Hall–Kier alpha value is -0.0800. The molecule has 2 aliphatic heterocycles. The molecule has 2 saturated heterocycles. The number of fused-ring (bicyclic) bond motifs is 1. The van der Waals surface area contributed by atoms with Crippen LogP contribution < -0.4 is 5.32 Å². The van der Waals surface area contributed by atoms with E-state index in [1.54, 1.807) is 0 Å². The summed E-state index contributed by atoms with van der Waals surface area (Å²) in [4.78, 5) is 2.89. The van der Waals surface area contributed by atoms with Crippen molar-refractivity contribution in [2.24, 2.45) is 17.8 Å². The number of nitrogens with zero attached hydrogens (tertiary/aromatic N) is 1. The van der Waals surface area contributed by atoms with E-state index in [9.17, 15) is 0 Å². The Labute approximate surface area is 113 Å². The zero-order valence-electron chi connectivity index (χ0n) is 12.4. The van der Waals surface area contributed by atoms with Crippen LogP contribution in [-0.2, 0) is 0 Å². The normalized spacial score (nSPS) is 44.2. The summed E-state index contributed by atoms with van der Waals surface area (Å²) in [5.74, 6) is 2.81. The molecule has 1 aliphatic carbocycles. The molecule has 4 atom stereocenters. The summed E-state index contributed by atoms with van der Waals surface area (Å²) in [6.07, 6.45) is 7.25. The Kier molecular flexibility index (Phi) is 3.44. The highest BCUT2D eigenvalue weighted by Gasteiger charge is 2.51. The fourth-order valence-electron chi connectivity index (χ4n) is 4.99. The van der Waals surface area contributed by atoms with Gasteiger partial charge in [0.15, 0.2) is 0 Å². The second-order valence-electron chi connectivity index (χ2n) is 7.43. The summed E-state index contributed by atoms with van der Waals surface area (Å²) in [5.41, 5.74) is 0.425. The summed E-state index contributed by atoms with van der Waals surface area (Å²) in [7, 11) is 0. The average Bonchev–Trinajstić information content (AvgIpc) is 2.92. The lowest BCUT2D eigenvalue weighted by Crippen LogP contribution is -2.51. The molecule has 3 aliphatic rings. The van der Waals surface area contributed by atoms with Gasteiger partial charge in [0.2, 0.25) is 0 Å². The highest BCUT2D eigenvalue weighted by atomic mass is 15.3. The van der Waals surface area contributed by atoms with Gasteiger partial charge < -0.3 is 5.32 Å². The Bertz CT molecular complexity index is 299. The van der Waals surface area contributed by atoms with Crippen LogP contribution in [0.5, 0.6) is 0 Å². The van der Waals surface area contributed by atoms with Crippen LogP contribution in [0.25, 0.3) is 0 Å². The molecule has 0 spiro atoms. The molecular weight excluding hydrogens is 220 g/mol. The van der Waals surface area contributed by atoms with E-state index < -0.39 is 0 Å². The van der Waals surface area contributed by atoms with Crippen molar-refractivity contribution >= 4 is 0 Å². The molecule has 4 unspecified atom stereocenters. The van der Waals surface area contributed by atoms with Gasteiger partial charge in [0, 0.05) is 24.7 Å². The molecule has 0 bridgehead atoms. The Morgan fingerprint density at radius 3 is 2.78 bits per heavy atom. The standard InChI is InChI=1S/C16H30N2/c1-4-12-6-5-7-14(8-12)18-11-13-9-17-10-15(13)16(18,2)3/h12-15,17H,4-11H2,1-3H3. The minimum atomic E-state index is 0.425. The van der Waals surface area contributed by atoms with Gasteiger partial charge >= 0.3 is 0 Å². The van der Waals surface area contributed by atoms with Crippen molar-refractivity contribution in [2.75, 3.05) is 19.6 Å². The summed E-state index contributed by atoms with van der Waals surface area (Å²) in [6.45, 7) is 11.2. The first-order valence-corrected chi connectivity index (χ1v) is 8.10. The van der Waals surface area contributed by atoms with E-state index in [4.69, 9.17) is 0 Å². The Morgan fingerprint density at radius 2 is 2.06 bits per heavy atom. The van der Waals surface area contributed by atoms with Crippen molar-refractivity contribution in [3.8, 4) is 0 Å². The molecule has 2 nitrogen and oxygen atoms in total. The summed E-state index contributed by atoms with van der Waals surface area (Å²) in [6, 6.07) is 0.879. The smallest absolute Gasteiger partial charge is 0.0200 e. The first-order chi connectivity index (χ1) is 8.63. The van der Waals surface area contributed by atoms with E-state index in [0.717, 1.165) is 23.8 Å². The number of hydrogen-bond acceptors (Lipinski definition) is 2. The van der Waals surface area contributed by atoms with Gasteiger partial charge in [-0.3, -0.25) is 4.90 Å². The van der Waals surface area contributed by atoms with Crippen LogP contribution in [0, 0.1) is 17.8 Å². The molecule has 0 aromatic rings. The summed E-state index contributed by atoms with van der Waals surface area (Å²) in [5, 5.41) is 3.60. The zero-order valence-corrected chi connectivity index (χ0v) is 12.4. The van der Waals surface area contributed by atoms with Gasteiger partial charge in [-0.2, -0.15) is 0 Å². The van der Waals surface area contributed by atoms with Gasteiger partial charge in [-0.25, -0.2) is 0 Å². The van der Waals surface area contributed by atoms with Gasteiger partial charge in [0.05, 0.1) is 0 Å². The molecule has 2 heteroatoms. The Morgan fingerprint density at radius 1 is 1.22 bits per heavy atom. The van der Waals surface area contributed by atoms with Crippen LogP contribution in [0.3, 0.4) is 0 Å². The monoisotopic (exact) mass is 250 g/mol. The maximum absolute atomic E-state index is 3.60. The lowest BCUT2D eigenvalue weighted by atomic mass is 9.80. The average molecular weight is 250 g/mol. The molecule has 0 aromatic heterocycles. The van der Waals surface area contributed by atoms with Gasteiger partial charge in [-0.1, -0.05) is 26.2 Å². The minimum absolute atomic E-state index is 0.425. The molecule has 0 radical (unpaired) electrons. The number of nitrogens with one attached hydrogen (secondary N) is 1. The van der Waals surface area contributed by atoms with Gasteiger partial charge in [0.1, 0.15) is 0 Å². The van der Waals surface area contributed by atoms with Crippen molar-refractivity contribution in [2.45, 2.75) is 64.5 Å². The molecule has 0 aromatic carbocycles. The molecule has 0 amide bonds. The summed E-state index contributed by atoms with van der Waals surface area (Å²) < 4.78 is 0. The van der Waals surface area contributed by atoms with E-state index in [1.165, 1.54) is 51.7 Å². The molecule has 18 heavy (non-hydrogen) atoms. The lowest BCUT2D eigenvalue weighted by molar-refractivity contribution is 0.0537. The highest BCUT2D eigenvalue weighted by molar-refractivity contribution is 5.06. The molecule has 2 heterocycles. The first kappa shape index (κ1) is 12.9. The first-order valence-electron chi connectivity index (χ1n) is 8.10. The number of hydrogen-bond donors (Lipinski definition) is 1. The predicted molar refractivity (Wildman–Crippen MR) is 76.7 cm³/mol. The quantitative estimate of drug-likeness (QED) is 0.811. The van der Waals surface area contributed by atoms with E-state index in [0.29, 0.717) is 5.54 Å². The van der Waals surface area contributed by atoms with Gasteiger partial charge in [-0.05, 0) is 51.0 Å². The minimum Gasteiger partial charge on any atom is -0.316 e. The number of rotatable bonds is 2. The highest BCUT2D eigenvalue weighted by Crippen LogP contribution is 2.44. The fourth-order valence-corrected chi connectivity index (χ4v) is 4.99. The predicted octanol–water partition coefficient (Wildman–Crippen LogP) is 2.89. The van der Waals surface area contributed by atoms with Crippen LogP contribution in [-0.4, -0.2) is 36.1 Å². The third-order valence-corrected chi connectivity index (χ3v) is 6.19. The van der Waals surface area contributed by atoms with Crippen LogP contribution >= 0.6 is 0 Å². The molecule has 3 fully saturated rings. The maximum Gasteiger partial charge on any atom is 0.0200 e. The van der Waals surface area contributed by atoms with E-state index >= 15 is 0 Å². The molecule has 104 valence electrons. The molecule has 1 N–H and O–H groups in total. The van der Waals surface area contributed by atoms with Crippen molar-refractivity contribution in [1.82, 2.24) is 10.2 Å². The van der Waals surface area contributed by atoms with E-state index in [1.807, 2.05) is 0 Å². The van der Waals surface area contributed by atoms with E-state index in [-0.39, 0.29) is 0 Å². The van der Waals surface area contributed by atoms with Gasteiger partial charge in [-0.15, -0.1) is 0 Å². The molecule has 1 saturated carbocycles. The van der Waals surface area contributed by atoms with Crippen molar-refractivity contribution in [3.05, 3.63) is 0 Å². The number of likely N-dealkylation sites (tertiary alicyclic amines) is 1. The fraction of sp³-hybridized carbons (Fsp3) is 1.00. The van der Waals surface area contributed by atoms with Crippen LogP contribution in [0.1, 0.15) is 52.9 Å². The van der Waals surface area contributed by atoms with Crippen LogP contribution in [0.4, 0.5) is 0 Å². The van der Waals surface area contributed by atoms with Crippen molar-refractivity contribution < 1.29 is 0 Å². The van der Waals surface area contributed by atoms with Crippen molar-refractivity contribution in [3.63, 3.8) is 0 Å². The maximum atomic E-state index is 3.60.